The largest absolute Gasteiger partial charge is 0.385 e. The molecule has 0 aromatic carbocycles. The fraction of sp³-hybridized carbons (Fsp3) is 0.923. The van der Waals surface area contributed by atoms with Crippen LogP contribution >= 0.6 is 0 Å². The van der Waals surface area contributed by atoms with E-state index in [0.29, 0.717) is 25.7 Å². The maximum atomic E-state index is 11.6. The van der Waals surface area contributed by atoms with Crippen molar-refractivity contribution < 1.29 is 9.53 Å². The van der Waals surface area contributed by atoms with Gasteiger partial charge in [-0.2, -0.15) is 0 Å². The Labute approximate surface area is 109 Å². The number of hydrogen-bond acceptors (Lipinski definition) is 4. The smallest absolute Gasteiger partial charge is 0.233 e. The predicted molar refractivity (Wildman–Crippen MR) is 70.5 cm³/mol. The highest BCUT2D eigenvalue weighted by molar-refractivity contribution is 5.77. The van der Waals surface area contributed by atoms with E-state index in [1.807, 2.05) is 0 Å². The number of nitrogens with one attached hydrogen (secondary N) is 2. The summed E-state index contributed by atoms with van der Waals surface area (Å²) in [4.78, 5) is 14.1. The van der Waals surface area contributed by atoms with Crippen molar-refractivity contribution in [2.24, 2.45) is 0 Å². The quantitative estimate of drug-likeness (QED) is 0.598. The number of amides is 1. The summed E-state index contributed by atoms with van der Waals surface area (Å²) in [7, 11) is 1.68. The number of hydrogen-bond donors (Lipinski definition) is 2. The topological polar surface area (TPSA) is 53.6 Å². The van der Waals surface area contributed by atoms with Crippen LogP contribution in [0.4, 0.5) is 0 Å². The summed E-state index contributed by atoms with van der Waals surface area (Å²) >= 11 is 0. The van der Waals surface area contributed by atoms with Crippen LogP contribution in [0, 0.1) is 0 Å². The summed E-state index contributed by atoms with van der Waals surface area (Å²) in [5, 5.41) is 6.24. The molecule has 0 aromatic heterocycles. The minimum absolute atomic E-state index is 0.0935. The third-order valence-corrected chi connectivity index (χ3v) is 3.68. The minimum atomic E-state index is 0.0935. The van der Waals surface area contributed by atoms with Crippen molar-refractivity contribution in [3.8, 4) is 0 Å². The van der Waals surface area contributed by atoms with E-state index in [9.17, 15) is 4.79 Å². The van der Waals surface area contributed by atoms with Gasteiger partial charge < -0.3 is 15.4 Å². The molecule has 0 spiro atoms. The van der Waals surface area contributed by atoms with Crippen LogP contribution in [0.2, 0.25) is 0 Å². The SMILES string of the molecule is COCCCNC(=O)CNC1CCN(C2CC2)C1. The molecule has 1 unspecified atom stereocenters. The third kappa shape index (κ3) is 4.55. The van der Waals surface area contributed by atoms with Gasteiger partial charge >= 0.3 is 0 Å². The van der Waals surface area contributed by atoms with Crippen molar-refractivity contribution in [2.45, 2.75) is 37.8 Å². The number of likely N-dealkylation sites (tertiary alicyclic amines) is 1. The molecule has 2 rings (SSSR count). The Bertz CT molecular complexity index is 269. The van der Waals surface area contributed by atoms with Gasteiger partial charge in [0, 0.05) is 45.4 Å². The van der Waals surface area contributed by atoms with Gasteiger partial charge in [-0.3, -0.25) is 9.69 Å². The Morgan fingerprint density at radius 2 is 2.22 bits per heavy atom. The van der Waals surface area contributed by atoms with E-state index in [4.69, 9.17) is 4.74 Å². The lowest BCUT2D eigenvalue weighted by Crippen LogP contribution is -2.41. The molecule has 1 atom stereocenters. The molecule has 1 aliphatic carbocycles. The number of methoxy groups -OCH3 is 1. The van der Waals surface area contributed by atoms with Gasteiger partial charge in [0.2, 0.25) is 5.91 Å². The van der Waals surface area contributed by atoms with Crippen LogP contribution in [0.15, 0.2) is 0 Å². The van der Waals surface area contributed by atoms with E-state index in [1.165, 1.54) is 25.8 Å². The zero-order chi connectivity index (χ0) is 12.8. The molecular weight excluding hydrogens is 230 g/mol. The monoisotopic (exact) mass is 255 g/mol. The predicted octanol–water partition coefficient (Wildman–Crippen LogP) is -0.0346. The van der Waals surface area contributed by atoms with E-state index >= 15 is 0 Å². The minimum Gasteiger partial charge on any atom is -0.385 e. The first-order chi connectivity index (χ1) is 8.79. The molecular formula is C13H25N3O2. The van der Waals surface area contributed by atoms with E-state index in [0.717, 1.165) is 19.0 Å². The molecule has 1 saturated heterocycles. The number of carbonyl (C=O) groups is 1. The summed E-state index contributed by atoms with van der Waals surface area (Å²) in [6.07, 6.45) is 4.79. The van der Waals surface area contributed by atoms with Crippen LogP contribution in [0.1, 0.15) is 25.7 Å². The summed E-state index contributed by atoms with van der Waals surface area (Å²) in [5.74, 6) is 0.0935. The molecule has 0 bridgehead atoms. The van der Waals surface area contributed by atoms with Crippen LogP contribution in [-0.2, 0) is 9.53 Å². The highest BCUT2D eigenvalue weighted by Gasteiger charge is 2.34. The molecule has 0 radical (unpaired) electrons. The average Bonchev–Trinajstić information content (AvgIpc) is 3.12. The number of carbonyl (C=O) groups excluding carboxylic acids is 1. The second kappa shape index (κ2) is 7.07. The summed E-state index contributed by atoms with van der Waals surface area (Å²) in [5.41, 5.74) is 0. The fourth-order valence-electron chi connectivity index (χ4n) is 2.47. The van der Waals surface area contributed by atoms with E-state index in [2.05, 4.69) is 15.5 Å². The summed E-state index contributed by atoms with van der Waals surface area (Å²) in [6, 6.07) is 1.34. The molecule has 1 amide bonds. The van der Waals surface area contributed by atoms with E-state index in [1.54, 1.807) is 7.11 Å². The molecule has 1 aliphatic heterocycles. The Morgan fingerprint density at radius 3 is 2.94 bits per heavy atom. The highest BCUT2D eigenvalue weighted by Crippen LogP contribution is 2.29. The van der Waals surface area contributed by atoms with Crippen LogP contribution in [-0.4, -0.2) is 62.8 Å². The average molecular weight is 255 g/mol. The van der Waals surface area contributed by atoms with Crippen LogP contribution in [0.5, 0.6) is 0 Å². The zero-order valence-corrected chi connectivity index (χ0v) is 11.3. The molecule has 5 nitrogen and oxygen atoms in total. The Balaban J connectivity index is 1.50. The standard InChI is InChI=1S/C13H25N3O2/c1-18-8-2-6-14-13(17)9-15-11-5-7-16(10-11)12-3-4-12/h11-12,15H,2-10H2,1H3,(H,14,17). The zero-order valence-electron chi connectivity index (χ0n) is 11.3. The second-order valence-corrected chi connectivity index (χ2v) is 5.29. The Hall–Kier alpha value is -0.650. The molecule has 2 fully saturated rings. The van der Waals surface area contributed by atoms with Crippen molar-refractivity contribution in [1.82, 2.24) is 15.5 Å². The van der Waals surface area contributed by atoms with Crippen molar-refractivity contribution in [1.29, 1.82) is 0 Å². The van der Waals surface area contributed by atoms with Gasteiger partial charge in [-0.1, -0.05) is 0 Å². The molecule has 104 valence electrons. The Morgan fingerprint density at radius 1 is 1.39 bits per heavy atom. The van der Waals surface area contributed by atoms with Gasteiger partial charge in [0.15, 0.2) is 0 Å². The van der Waals surface area contributed by atoms with Gasteiger partial charge in [0.1, 0.15) is 0 Å². The first kappa shape index (κ1) is 13.8. The van der Waals surface area contributed by atoms with Crippen molar-refractivity contribution in [2.75, 3.05) is 39.9 Å². The number of rotatable bonds is 8. The highest BCUT2D eigenvalue weighted by atomic mass is 16.5. The molecule has 18 heavy (non-hydrogen) atoms. The molecule has 5 heteroatoms. The first-order valence-electron chi connectivity index (χ1n) is 7.02. The van der Waals surface area contributed by atoms with Gasteiger partial charge in [0.05, 0.1) is 6.54 Å². The first-order valence-corrected chi connectivity index (χ1v) is 7.02. The van der Waals surface area contributed by atoms with Gasteiger partial charge in [-0.05, 0) is 25.7 Å². The fourth-order valence-corrected chi connectivity index (χ4v) is 2.47. The van der Waals surface area contributed by atoms with Gasteiger partial charge in [-0.15, -0.1) is 0 Å². The molecule has 1 saturated carbocycles. The van der Waals surface area contributed by atoms with Crippen LogP contribution in [0.25, 0.3) is 0 Å². The van der Waals surface area contributed by atoms with Crippen molar-refractivity contribution in [3.63, 3.8) is 0 Å². The maximum absolute atomic E-state index is 11.6. The van der Waals surface area contributed by atoms with Crippen molar-refractivity contribution in [3.05, 3.63) is 0 Å². The van der Waals surface area contributed by atoms with E-state index in [-0.39, 0.29) is 5.91 Å². The number of nitrogens with zero attached hydrogens (tertiary/aromatic N) is 1. The van der Waals surface area contributed by atoms with Gasteiger partial charge in [-0.25, -0.2) is 0 Å². The second-order valence-electron chi connectivity index (χ2n) is 5.29. The lowest BCUT2D eigenvalue weighted by molar-refractivity contribution is -0.120. The van der Waals surface area contributed by atoms with Crippen molar-refractivity contribution >= 4 is 5.91 Å². The van der Waals surface area contributed by atoms with E-state index < -0.39 is 0 Å². The molecule has 2 N–H and O–H groups in total. The lowest BCUT2D eigenvalue weighted by Gasteiger charge is -2.15. The van der Waals surface area contributed by atoms with Crippen LogP contribution < -0.4 is 10.6 Å². The summed E-state index contributed by atoms with van der Waals surface area (Å²) in [6.45, 7) is 4.15. The van der Waals surface area contributed by atoms with Gasteiger partial charge in [0.25, 0.3) is 0 Å². The Kier molecular flexibility index (Phi) is 5.41. The third-order valence-electron chi connectivity index (χ3n) is 3.68. The lowest BCUT2D eigenvalue weighted by atomic mass is 10.2. The summed E-state index contributed by atoms with van der Waals surface area (Å²) < 4.78 is 4.93. The maximum Gasteiger partial charge on any atom is 0.233 e. The molecule has 2 aliphatic rings. The molecule has 1 heterocycles. The normalized spacial score (nSPS) is 24.4. The molecule has 0 aromatic rings. The number of ether oxygens (including phenoxy) is 1. The van der Waals surface area contributed by atoms with Crippen LogP contribution in [0.3, 0.4) is 0 Å².